The van der Waals surface area contributed by atoms with Crippen LogP contribution >= 0.6 is 0 Å². The Kier molecular flexibility index (Phi) is 7.16. The molecule has 0 N–H and O–H groups in total. The second kappa shape index (κ2) is 9.67. The molecule has 3 rings (SSSR count). The van der Waals surface area contributed by atoms with E-state index in [1.54, 1.807) is 12.1 Å². The Bertz CT molecular complexity index is 997. The fraction of sp³-hybridized carbons (Fsp3) is 0.458. The molecule has 172 valence electrons. The summed E-state index contributed by atoms with van der Waals surface area (Å²) in [4.78, 5) is 39.6. The Morgan fingerprint density at radius 2 is 1.47 bits per heavy atom. The number of carbonyl (C=O) groups is 3. The molecule has 0 spiro atoms. The molecule has 8 heteroatoms. The van der Waals surface area contributed by atoms with Crippen LogP contribution in [0.3, 0.4) is 0 Å². The number of rotatable bonds is 6. The van der Waals surface area contributed by atoms with E-state index in [1.165, 1.54) is 20.3 Å². The number of hydrogen-bond donors (Lipinski definition) is 0. The molecule has 32 heavy (non-hydrogen) atoms. The molecule has 0 amide bonds. The fourth-order valence-corrected chi connectivity index (χ4v) is 4.36. The van der Waals surface area contributed by atoms with Crippen molar-refractivity contribution in [3.05, 3.63) is 52.3 Å². The predicted octanol–water partition coefficient (Wildman–Crippen LogP) is 2.96. The SMILES string of the molecule is COC(=O)c1cc(C(=O)OC)cc(-n2c(C)cc(C(=O)CN3C[C@H](C)O[C@@H](C)C3)c2C)c1. The van der Waals surface area contributed by atoms with Crippen LogP contribution in [0.2, 0.25) is 0 Å². The molecule has 1 fully saturated rings. The summed E-state index contributed by atoms with van der Waals surface area (Å²) >= 11 is 0. The van der Waals surface area contributed by atoms with E-state index in [-0.39, 0.29) is 29.1 Å². The Hall–Kier alpha value is -2.97. The van der Waals surface area contributed by atoms with Gasteiger partial charge in [-0.1, -0.05) is 0 Å². The molecular weight excluding hydrogens is 412 g/mol. The first-order chi connectivity index (χ1) is 15.1. The van der Waals surface area contributed by atoms with E-state index in [4.69, 9.17) is 14.2 Å². The van der Waals surface area contributed by atoms with E-state index in [0.29, 0.717) is 30.9 Å². The van der Waals surface area contributed by atoms with Gasteiger partial charge < -0.3 is 18.8 Å². The molecule has 1 aliphatic rings. The van der Waals surface area contributed by atoms with E-state index in [1.807, 2.05) is 38.3 Å². The first-order valence-corrected chi connectivity index (χ1v) is 10.6. The third-order valence-electron chi connectivity index (χ3n) is 5.61. The largest absolute Gasteiger partial charge is 0.465 e. The zero-order valence-electron chi connectivity index (χ0n) is 19.4. The molecule has 1 aromatic carbocycles. The Morgan fingerprint density at radius 1 is 0.938 bits per heavy atom. The summed E-state index contributed by atoms with van der Waals surface area (Å²) in [5.74, 6) is -1.11. The van der Waals surface area contributed by atoms with Gasteiger partial charge in [-0.2, -0.15) is 0 Å². The number of hydrogen-bond acceptors (Lipinski definition) is 7. The van der Waals surface area contributed by atoms with Crippen molar-refractivity contribution < 1.29 is 28.6 Å². The van der Waals surface area contributed by atoms with Crippen molar-refractivity contribution in [1.29, 1.82) is 0 Å². The van der Waals surface area contributed by atoms with E-state index in [9.17, 15) is 14.4 Å². The van der Waals surface area contributed by atoms with Crippen molar-refractivity contribution >= 4 is 17.7 Å². The second-order valence-electron chi connectivity index (χ2n) is 8.25. The van der Waals surface area contributed by atoms with Crippen LogP contribution in [0, 0.1) is 13.8 Å². The van der Waals surface area contributed by atoms with E-state index < -0.39 is 11.9 Å². The van der Waals surface area contributed by atoms with Gasteiger partial charge in [-0.15, -0.1) is 0 Å². The van der Waals surface area contributed by atoms with Crippen molar-refractivity contribution in [3.8, 4) is 5.69 Å². The van der Waals surface area contributed by atoms with Crippen molar-refractivity contribution in [1.82, 2.24) is 9.47 Å². The molecule has 1 aromatic heterocycles. The lowest BCUT2D eigenvalue weighted by Gasteiger charge is -2.34. The Morgan fingerprint density at radius 3 is 1.97 bits per heavy atom. The maximum Gasteiger partial charge on any atom is 0.337 e. The lowest BCUT2D eigenvalue weighted by molar-refractivity contribution is -0.0652. The number of esters is 2. The van der Waals surface area contributed by atoms with Gasteiger partial charge in [-0.05, 0) is 52.0 Å². The highest BCUT2D eigenvalue weighted by molar-refractivity contribution is 5.99. The fourth-order valence-electron chi connectivity index (χ4n) is 4.36. The topological polar surface area (TPSA) is 87.1 Å². The average molecular weight is 443 g/mol. The maximum absolute atomic E-state index is 13.1. The highest BCUT2D eigenvalue weighted by atomic mass is 16.5. The molecule has 0 radical (unpaired) electrons. The molecule has 1 aliphatic heterocycles. The quantitative estimate of drug-likeness (QED) is 0.502. The highest BCUT2D eigenvalue weighted by Crippen LogP contribution is 2.25. The molecule has 0 bridgehead atoms. The van der Waals surface area contributed by atoms with Crippen LogP contribution in [0.15, 0.2) is 24.3 Å². The van der Waals surface area contributed by atoms with Crippen LogP contribution in [0.25, 0.3) is 5.69 Å². The van der Waals surface area contributed by atoms with Crippen molar-refractivity contribution in [2.75, 3.05) is 33.9 Å². The number of methoxy groups -OCH3 is 2. The minimum Gasteiger partial charge on any atom is -0.465 e. The number of nitrogens with zero attached hydrogens (tertiary/aromatic N) is 2. The molecule has 0 aliphatic carbocycles. The van der Waals surface area contributed by atoms with Gasteiger partial charge >= 0.3 is 11.9 Å². The second-order valence-corrected chi connectivity index (χ2v) is 8.25. The van der Waals surface area contributed by atoms with Crippen molar-refractivity contribution in [2.45, 2.75) is 39.9 Å². The normalized spacial score (nSPS) is 18.9. The van der Waals surface area contributed by atoms with Crippen molar-refractivity contribution in [2.24, 2.45) is 0 Å². The summed E-state index contributed by atoms with van der Waals surface area (Å²) in [6.07, 6.45) is 0.161. The summed E-state index contributed by atoms with van der Waals surface area (Å²) in [6.45, 7) is 9.46. The molecule has 1 saturated heterocycles. The minimum absolute atomic E-state index is 0.0166. The summed E-state index contributed by atoms with van der Waals surface area (Å²) < 4.78 is 17.3. The molecule has 2 heterocycles. The first-order valence-electron chi connectivity index (χ1n) is 10.6. The molecule has 8 nitrogen and oxygen atoms in total. The lowest BCUT2D eigenvalue weighted by Crippen LogP contribution is -2.47. The molecule has 0 unspecified atom stereocenters. The van der Waals surface area contributed by atoms with Gasteiger partial charge in [0.25, 0.3) is 0 Å². The number of aromatic nitrogens is 1. The van der Waals surface area contributed by atoms with Gasteiger partial charge in [-0.25, -0.2) is 9.59 Å². The first kappa shape index (κ1) is 23.7. The van der Waals surface area contributed by atoms with Crippen LogP contribution in [0.1, 0.15) is 56.3 Å². The van der Waals surface area contributed by atoms with Crippen LogP contribution in [-0.4, -0.2) is 73.3 Å². The summed E-state index contributed by atoms with van der Waals surface area (Å²) in [6, 6.07) is 6.55. The number of morpholine rings is 1. The molecule has 2 aromatic rings. The zero-order valence-corrected chi connectivity index (χ0v) is 19.4. The third kappa shape index (κ3) is 4.92. The smallest absolute Gasteiger partial charge is 0.337 e. The average Bonchev–Trinajstić information content (AvgIpc) is 3.05. The van der Waals surface area contributed by atoms with Gasteiger partial charge in [0, 0.05) is 35.7 Å². The maximum atomic E-state index is 13.1. The number of ether oxygens (including phenoxy) is 3. The Balaban J connectivity index is 1.97. The van der Waals surface area contributed by atoms with Gasteiger partial charge in [0.2, 0.25) is 0 Å². The van der Waals surface area contributed by atoms with Crippen LogP contribution in [0.5, 0.6) is 0 Å². The monoisotopic (exact) mass is 442 g/mol. The van der Waals surface area contributed by atoms with E-state index >= 15 is 0 Å². The number of ketones is 1. The number of Topliss-reactive ketones (excluding diaryl/α,β-unsaturated/α-hetero) is 1. The molecule has 2 atom stereocenters. The zero-order chi connectivity index (χ0) is 23.6. The summed E-state index contributed by atoms with van der Waals surface area (Å²) in [5.41, 5.74) is 3.18. The van der Waals surface area contributed by atoms with Gasteiger partial charge in [0.05, 0.1) is 44.1 Å². The third-order valence-corrected chi connectivity index (χ3v) is 5.61. The van der Waals surface area contributed by atoms with E-state index in [2.05, 4.69) is 4.90 Å². The highest BCUT2D eigenvalue weighted by Gasteiger charge is 2.26. The predicted molar refractivity (Wildman–Crippen MR) is 119 cm³/mol. The van der Waals surface area contributed by atoms with Gasteiger partial charge in [0.15, 0.2) is 5.78 Å². The molecule has 0 saturated carbocycles. The number of benzene rings is 1. The Labute approximate surface area is 188 Å². The van der Waals surface area contributed by atoms with Crippen molar-refractivity contribution in [3.63, 3.8) is 0 Å². The summed E-state index contributed by atoms with van der Waals surface area (Å²) in [5, 5.41) is 0. The lowest BCUT2D eigenvalue weighted by atomic mass is 10.1. The minimum atomic E-state index is -0.564. The van der Waals surface area contributed by atoms with Gasteiger partial charge in [0.1, 0.15) is 0 Å². The van der Waals surface area contributed by atoms with Crippen LogP contribution in [-0.2, 0) is 14.2 Å². The standard InChI is InChI=1S/C24H30N2O6/c1-14-7-21(22(27)13-25-11-15(2)32-16(3)12-25)17(4)26(14)20-9-18(23(28)30-5)8-19(10-20)24(29)31-6/h7-10,15-16H,11-13H2,1-6H3/t15-,16-/m0/s1. The van der Waals surface area contributed by atoms with Gasteiger partial charge in [-0.3, -0.25) is 9.69 Å². The van der Waals surface area contributed by atoms with Crippen LogP contribution < -0.4 is 0 Å². The number of carbonyl (C=O) groups excluding carboxylic acids is 3. The summed E-state index contributed by atoms with van der Waals surface area (Å²) in [7, 11) is 2.56. The molecular formula is C24H30N2O6. The van der Waals surface area contributed by atoms with E-state index in [0.717, 1.165) is 11.4 Å². The number of aryl methyl sites for hydroxylation is 1. The van der Waals surface area contributed by atoms with Crippen LogP contribution in [0.4, 0.5) is 0 Å².